The Morgan fingerprint density at radius 2 is 1.81 bits per heavy atom. The summed E-state index contributed by atoms with van der Waals surface area (Å²) in [5, 5.41) is 4.03. The zero-order valence-corrected chi connectivity index (χ0v) is 25.4. The van der Waals surface area contributed by atoms with Crippen molar-refractivity contribution in [2.75, 3.05) is 20.1 Å². The van der Waals surface area contributed by atoms with Gasteiger partial charge < -0.3 is 10.2 Å². The molecule has 1 heterocycles. The van der Waals surface area contributed by atoms with Gasteiger partial charge in [-0.2, -0.15) is 0 Å². The van der Waals surface area contributed by atoms with Crippen molar-refractivity contribution in [3.8, 4) is 11.5 Å². The van der Waals surface area contributed by atoms with Gasteiger partial charge in [0.15, 0.2) is 0 Å². The average Bonchev–Trinajstić information content (AvgIpc) is 3.26. The second kappa shape index (κ2) is 11.4. The fourth-order valence-corrected chi connectivity index (χ4v) is 6.53. The van der Waals surface area contributed by atoms with E-state index >= 15 is 0 Å². The van der Waals surface area contributed by atoms with Crippen molar-refractivity contribution in [3.05, 3.63) is 68.2 Å². The molecule has 0 bridgehead atoms. The minimum atomic E-state index is -1.53. The standard InChI is InChI=1S/C30H39Cl2N3OSi/c1-20-7-10-26-23(19-20)9-12-27(26)35-16-13-24(14-17-35)34(3)30(36)33-21(2)25-11-8-22(28(31)29(25)32)15-18-37(4,5)6/h7-8,10-11,19,21,24,27H,9,12-14,16-17H2,1-6H3,(H,33,36)/t21-,27?/m0/s1. The number of fused-ring (bicyclic) bond motifs is 1. The van der Waals surface area contributed by atoms with Crippen LogP contribution in [0.3, 0.4) is 0 Å². The van der Waals surface area contributed by atoms with E-state index in [4.69, 9.17) is 23.2 Å². The van der Waals surface area contributed by atoms with Gasteiger partial charge in [0.2, 0.25) is 0 Å². The van der Waals surface area contributed by atoms with Crippen molar-refractivity contribution in [1.82, 2.24) is 15.1 Å². The number of aryl methyl sites for hydroxylation is 2. The fraction of sp³-hybridized carbons (Fsp3) is 0.500. The Kier molecular flexibility index (Phi) is 8.65. The van der Waals surface area contributed by atoms with Gasteiger partial charge in [-0.3, -0.25) is 4.90 Å². The van der Waals surface area contributed by atoms with Crippen LogP contribution in [0.25, 0.3) is 0 Å². The molecule has 2 atom stereocenters. The highest BCUT2D eigenvalue weighted by molar-refractivity contribution is 6.83. The number of nitrogens with zero attached hydrogens (tertiary/aromatic N) is 2. The predicted molar refractivity (Wildman–Crippen MR) is 158 cm³/mol. The van der Waals surface area contributed by atoms with Gasteiger partial charge in [0, 0.05) is 37.8 Å². The molecule has 1 unspecified atom stereocenters. The number of likely N-dealkylation sites (tertiary alicyclic amines) is 1. The maximum Gasteiger partial charge on any atom is 0.317 e. The predicted octanol–water partition coefficient (Wildman–Crippen LogP) is 7.39. The Hall–Kier alpha value is -1.97. The van der Waals surface area contributed by atoms with Crippen molar-refractivity contribution in [2.24, 2.45) is 0 Å². The van der Waals surface area contributed by atoms with Crippen LogP contribution in [0, 0.1) is 18.4 Å². The van der Waals surface area contributed by atoms with E-state index in [0.717, 1.165) is 37.1 Å². The highest BCUT2D eigenvalue weighted by Gasteiger charge is 2.33. The highest BCUT2D eigenvalue weighted by atomic mass is 35.5. The maximum absolute atomic E-state index is 13.1. The van der Waals surface area contributed by atoms with Gasteiger partial charge in [-0.25, -0.2) is 4.79 Å². The molecule has 2 amide bonds. The summed E-state index contributed by atoms with van der Waals surface area (Å²) in [4.78, 5) is 17.6. The van der Waals surface area contributed by atoms with Crippen LogP contribution in [-0.2, 0) is 6.42 Å². The number of hydrogen-bond donors (Lipinski definition) is 1. The second-order valence-corrected chi connectivity index (χ2v) is 17.1. The van der Waals surface area contributed by atoms with Gasteiger partial charge in [0.25, 0.3) is 0 Å². The summed E-state index contributed by atoms with van der Waals surface area (Å²) in [5.74, 6) is 3.19. The molecule has 2 aliphatic rings. The van der Waals surface area contributed by atoms with Crippen molar-refractivity contribution < 1.29 is 4.79 Å². The first kappa shape index (κ1) is 28.0. The third-order valence-corrected chi connectivity index (χ3v) is 9.41. The minimum absolute atomic E-state index is 0.0811. The summed E-state index contributed by atoms with van der Waals surface area (Å²) in [5.41, 5.74) is 9.22. The number of urea groups is 1. The highest BCUT2D eigenvalue weighted by Crippen LogP contribution is 2.38. The summed E-state index contributed by atoms with van der Waals surface area (Å²) in [6, 6.07) is 11.1. The minimum Gasteiger partial charge on any atom is -0.331 e. The Labute approximate surface area is 233 Å². The first-order valence-electron chi connectivity index (χ1n) is 13.3. The lowest BCUT2D eigenvalue weighted by Gasteiger charge is -2.40. The molecule has 1 fully saturated rings. The molecule has 0 spiro atoms. The normalized spacial score (nSPS) is 19.1. The topological polar surface area (TPSA) is 35.6 Å². The van der Waals surface area contributed by atoms with Crippen molar-refractivity contribution in [2.45, 2.75) is 77.3 Å². The summed E-state index contributed by atoms with van der Waals surface area (Å²) >= 11 is 13.2. The molecule has 0 radical (unpaired) electrons. The van der Waals surface area contributed by atoms with Crippen molar-refractivity contribution in [1.29, 1.82) is 0 Å². The second-order valence-electron chi connectivity index (χ2n) is 11.6. The van der Waals surface area contributed by atoms with Crippen LogP contribution < -0.4 is 5.32 Å². The number of piperidine rings is 1. The Balaban J connectivity index is 1.34. The van der Waals surface area contributed by atoms with Crippen LogP contribution in [0.5, 0.6) is 0 Å². The van der Waals surface area contributed by atoms with Gasteiger partial charge >= 0.3 is 6.03 Å². The van der Waals surface area contributed by atoms with Crippen molar-refractivity contribution in [3.63, 3.8) is 0 Å². The maximum atomic E-state index is 13.1. The molecule has 1 aliphatic heterocycles. The fourth-order valence-electron chi connectivity index (χ4n) is 5.47. The number of nitrogens with one attached hydrogen (secondary N) is 1. The number of hydrogen-bond acceptors (Lipinski definition) is 2. The lowest BCUT2D eigenvalue weighted by molar-refractivity contribution is 0.105. The summed E-state index contributed by atoms with van der Waals surface area (Å²) < 4.78 is 0. The van der Waals surface area contributed by atoms with Crippen LogP contribution in [0.15, 0.2) is 30.3 Å². The molecule has 0 aromatic heterocycles. The SMILES string of the molecule is Cc1ccc2c(c1)CCC2N1CCC(N(C)C(=O)N[C@@H](C)c2ccc(C#C[Si](C)(C)C)c(Cl)c2Cl)CC1. The first-order valence-corrected chi connectivity index (χ1v) is 17.6. The Morgan fingerprint density at radius 1 is 1.11 bits per heavy atom. The molecule has 198 valence electrons. The lowest BCUT2D eigenvalue weighted by atomic mass is 9.99. The molecule has 0 saturated carbocycles. The van der Waals surface area contributed by atoms with Gasteiger partial charge in [-0.1, -0.05) is 78.6 Å². The molecule has 37 heavy (non-hydrogen) atoms. The molecule has 1 aliphatic carbocycles. The molecule has 7 heteroatoms. The monoisotopic (exact) mass is 555 g/mol. The zero-order chi connectivity index (χ0) is 26.9. The summed E-state index contributed by atoms with van der Waals surface area (Å²) in [6.07, 6.45) is 4.32. The van der Waals surface area contributed by atoms with E-state index in [1.54, 1.807) is 0 Å². The molecule has 4 nitrogen and oxygen atoms in total. The van der Waals surface area contributed by atoms with Crippen LogP contribution in [-0.4, -0.2) is 50.1 Å². The largest absolute Gasteiger partial charge is 0.331 e. The summed E-state index contributed by atoms with van der Waals surface area (Å²) in [6.45, 7) is 12.7. The quantitative estimate of drug-likeness (QED) is 0.315. The Morgan fingerprint density at radius 3 is 2.49 bits per heavy atom. The first-order chi connectivity index (χ1) is 17.4. The van der Waals surface area contributed by atoms with Crippen LogP contribution in [0.2, 0.25) is 29.7 Å². The molecule has 4 rings (SSSR count). The smallest absolute Gasteiger partial charge is 0.317 e. The van der Waals surface area contributed by atoms with E-state index in [2.05, 4.69) is 66.4 Å². The lowest BCUT2D eigenvalue weighted by Crippen LogP contribution is -2.49. The number of carbonyl (C=O) groups excluding carboxylic acids is 1. The third-order valence-electron chi connectivity index (χ3n) is 7.64. The molecule has 1 saturated heterocycles. The molecule has 2 aromatic rings. The van der Waals surface area contributed by atoms with E-state index in [0.29, 0.717) is 16.1 Å². The summed E-state index contributed by atoms with van der Waals surface area (Å²) in [7, 11) is 0.377. The molecule has 1 N–H and O–H groups in total. The molecular weight excluding hydrogens is 517 g/mol. The van der Waals surface area contributed by atoms with Gasteiger partial charge in [-0.05, 0) is 62.3 Å². The van der Waals surface area contributed by atoms with Crippen LogP contribution in [0.4, 0.5) is 4.79 Å². The van der Waals surface area contributed by atoms with E-state index < -0.39 is 8.07 Å². The van der Waals surface area contributed by atoms with Crippen LogP contribution >= 0.6 is 23.2 Å². The average molecular weight is 557 g/mol. The van der Waals surface area contributed by atoms with Crippen LogP contribution in [0.1, 0.15) is 66.1 Å². The number of amides is 2. The van der Waals surface area contributed by atoms with Gasteiger partial charge in [0.1, 0.15) is 8.07 Å². The zero-order valence-electron chi connectivity index (χ0n) is 22.9. The molecule has 2 aromatic carbocycles. The number of rotatable bonds is 4. The van der Waals surface area contributed by atoms with E-state index in [1.807, 2.05) is 31.0 Å². The Bertz CT molecular complexity index is 1220. The van der Waals surface area contributed by atoms with E-state index in [9.17, 15) is 4.79 Å². The van der Waals surface area contributed by atoms with Gasteiger partial charge in [-0.15, -0.1) is 5.54 Å². The van der Waals surface area contributed by atoms with Gasteiger partial charge in [0.05, 0.1) is 16.1 Å². The molecular formula is C30H39Cl2N3OSi. The number of halogens is 2. The number of benzene rings is 2. The van der Waals surface area contributed by atoms with E-state index in [-0.39, 0.29) is 18.1 Å². The van der Waals surface area contributed by atoms with Crippen molar-refractivity contribution >= 4 is 37.3 Å². The van der Waals surface area contributed by atoms with E-state index in [1.165, 1.54) is 29.5 Å². The number of carbonyl (C=O) groups is 1. The third kappa shape index (κ3) is 6.54.